The summed E-state index contributed by atoms with van der Waals surface area (Å²) in [4.78, 5) is 9.42. The van der Waals surface area contributed by atoms with Crippen LogP contribution in [0.25, 0.3) is 0 Å². The molecule has 2 atom stereocenters. The lowest BCUT2D eigenvalue weighted by Gasteiger charge is -2.24. The molecular weight excluding hydrogens is 191 g/mol. The Morgan fingerprint density at radius 1 is 1.46 bits per heavy atom. The summed E-state index contributed by atoms with van der Waals surface area (Å²) >= 11 is 0. The minimum atomic E-state index is -0.797. The summed E-state index contributed by atoms with van der Waals surface area (Å²) in [5.41, 5.74) is 0.872. The van der Waals surface area contributed by atoms with Crippen molar-refractivity contribution >= 4 is 8.69 Å². The monoisotopic (exact) mass is 199 g/mol. The summed E-state index contributed by atoms with van der Waals surface area (Å²) in [5, 5.41) is 0. The van der Waals surface area contributed by atoms with Gasteiger partial charge >= 0.3 is 8.69 Å². The smallest absolute Gasteiger partial charge is 0.256 e. The molecule has 5 heteroatoms. The van der Waals surface area contributed by atoms with Gasteiger partial charge in [-0.25, -0.2) is 9.78 Å². The van der Waals surface area contributed by atoms with Crippen LogP contribution in [0.5, 0.6) is 5.75 Å². The van der Waals surface area contributed by atoms with E-state index >= 15 is 0 Å². The Balaban J connectivity index is 2.25. The van der Waals surface area contributed by atoms with Gasteiger partial charge in [-0.05, 0) is 10.6 Å². The van der Waals surface area contributed by atoms with Gasteiger partial charge in [-0.15, -0.1) is 0 Å². The van der Waals surface area contributed by atoms with E-state index in [9.17, 15) is 4.57 Å². The molecule has 1 heterocycles. The summed E-state index contributed by atoms with van der Waals surface area (Å²) < 4.78 is 15.2. The van der Waals surface area contributed by atoms with Crippen molar-refractivity contribution < 1.29 is 18.9 Å². The molecule has 68 valence electrons. The molecule has 1 fully saturated rings. The van der Waals surface area contributed by atoms with Crippen LogP contribution in [-0.2, 0) is 14.3 Å². The maximum atomic E-state index is 10.3. The molecule has 1 aromatic carbocycles. The highest BCUT2D eigenvalue weighted by Crippen LogP contribution is 2.33. The largest absolute Gasteiger partial charge is 0.542 e. The standard InChI is InChI=1S/C8H8O4P/c9-13-12-7-4-2-1-3-6(7)8-5-10-11-8/h1-4,8,13H,5H2/q+1. The second kappa shape index (κ2) is 3.83. The van der Waals surface area contributed by atoms with E-state index in [1.165, 1.54) is 0 Å². The molecule has 0 radical (unpaired) electrons. The number of benzene rings is 1. The predicted molar refractivity (Wildman–Crippen MR) is 45.8 cm³/mol. The van der Waals surface area contributed by atoms with Gasteiger partial charge in [0.15, 0.2) is 5.75 Å². The van der Waals surface area contributed by atoms with Crippen molar-refractivity contribution in [2.45, 2.75) is 6.10 Å². The van der Waals surface area contributed by atoms with Crippen molar-refractivity contribution in [1.82, 2.24) is 0 Å². The first-order valence-corrected chi connectivity index (χ1v) is 4.64. The highest BCUT2D eigenvalue weighted by molar-refractivity contribution is 7.17. The van der Waals surface area contributed by atoms with Crippen molar-refractivity contribution in [1.29, 1.82) is 0 Å². The van der Waals surface area contributed by atoms with Crippen LogP contribution in [0.1, 0.15) is 11.7 Å². The topological polar surface area (TPSA) is 44.8 Å². The van der Waals surface area contributed by atoms with Gasteiger partial charge in [-0.3, -0.25) is 4.52 Å². The second-order valence-electron chi connectivity index (χ2n) is 2.59. The number of para-hydroxylation sites is 1. The molecule has 1 aliphatic rings. The lowest BCUT2D eigenvalue weighted by molar-refractivity contribution is -0.429. The maximum absolute atomic E-state index is 10.3. The minimum absolute atomic E-state index is 0.0902. The molecule has 1 saturated heterocycles. The normalized spacial score (nSPS) is 21.1. The molecule has 0 aliphatic carbocycles. The maximum Gasteiger partial charge on any atom is 0.542 e. The van der Waals surface area contributed by atoms with Crippen molar-refractivity contribution in [3.8, 4) is 5.75 Å². The van der Waals surface area contributed by atoms with Crippen LogP contribution < -0.4 is 4.52 Å². The van der Waals surface area contributed by atoms with Crippen LogP contribution in [0.15, 0.2) is 24.3 Å². The molecule has 0 spiro atoms. The zero-order valence-corrected chi connectivity index (χ0v) is 7.73. The summed E-state index contributed by atoms with van der Waals surface area (Å²) in [6.07, 6.45) is -0.0902. The van der Waals surface area contributed by atoms with Gasteiger partial charge in [0.2, 0.25) is 0 Å². The van der Waals surface area contributed by atoms with Crippen LogP contribution in [0.3, 0.4) is 0 Å². The van der Waals surface area contributed by atoms with Crippen LogP contribution in [0.4, 0.5) is 0 Å². The average molecular weight is 199 g/mol. The highest BCUT2D eigenvalue weighted by atomic mass is 31.1. The van der Waals surface area contributed by atoms with E-state index in [-0.39, 0.29) is 6.10 Å². The van der Waals surface area contributed by atoms with Crippen molar-refractivity contribution in [3.05, 3.63) is 29.8 Å². The van der Waals surface area contributed by atoms with Gasteiger partial charge in [0, 0.05) is 5.56 Å². The Morgan fingerprint density at radius 3 is 2.85 bits per heavy atom. The third-order valence-corrected chi connectivity index (χ3v) is 2.12. The molecule has 0 bridgehead atoms. The molecule has 1 aromatic rings. The van der Waals surface area contributed by atoms with E-state index in [4.69, 9.17) is 9.41 Å². The number of rotatable bonds is 3. The molecule has 0 amide bonds. The van der Waals surface area contributed by atoms with Crippen molar-refractivity contribution in [2.24, 2.45) is 0 Å². The van der Waals surface area contributed by atoms with Gasteiger partial charge in [0.05, 0.1) is 0 Å². The van der Waals surface area contributed by atoms with Gasteiger partial charge in [0.1, 0.15) is 12.7 Å². The third kappa shape index (κ3) is 1.70. The van der Waals surface area contributed by atoms with Gasteiger partial charge in [-0.2, -0.15) is 0 Å². The Bertz CT molecular complexity index is 311. The Kier molecular flexibility index (Phi) is 2.54. The van der Waals surface area contributed by atoms with Gasteiger partial charge in [0.25, 0.3) is 0 Å². The Labute approximate surface area is 76.6 Å². The summed E-state index contributed by atoms with van der Waals surface area (Å²) in [7, 11) is -0.797. The fourth-order valence-corrected chi connectivity index (χ4v) is 1.44. The lowest BCUT2D eigenvalue weighted by atomic mass is 10.1. The molecule has 0 N–H and O–H groups in total. The molecule has 2 rings (SSSR count). The first-order valence-electron chi connectivity index (χ1n) is 3.83. The molecule has 1 aliphatic heterocycles. The number of hydrogen-bond acceptors (Lipinski definition) is 4. The zero-order chi connectivity index (χ0) is 9.10. The summed E-state index contributed by atoms with van der Waals surface area (Å²) in [6.45, 7) is 0.516. The van der Waals surface area contributed by atoms with Gasteiger partial charge < -0.3 is 0 Å². The first-order chi connectivity index (χ1) is 6.42. The van der Waals surface area contributed by atoms with Crippen molar-refractivity contribution in [2.75, 3.05) is 6.61 Å². The fraction of sp³-hybridized carbons (Fsp3) is 0.250. The molecule has 13 heavy (non-hydrogen) atoms. The fourth-order valence-electron chi connectivity index (χ4n) is 1.16. The van der Waals surface area contributed by atoms with Crippen LogP contribution >= 0.6 is 8.69 Å². The van der Waals surface area contributed by atoms with Gasteiger partial charge in [-0.1, -0.05) is 18.2 Å². The average Bonchev–Trinajstić information content (AvgIpc) is 2.05. The Hall–Kier alpha value is -0.960. The SMILES string of the molecule is O=[PH+]Oc1ccccc1C1COO1. The van der Waals surface area contributed by atoms with E-state index in [0.29, 0.717) is 12.4 Å². The molecule has 0 saturated carbocycles. The first kappa shape index (κ1) is 8.63. The molecule has 4 nitrogen and oxygen atoms in total. The molecule has 2 unspecified atom stereocenters. The minimum Gasteiger partial charge on any atom is -0.256 e. The van der Waals surface area contributed by atoms with E-state index < -0.39 is 8.69 Å². The summed E-state index contributed by atoms with van der Waals surface area (Å²) in [6, 6.07) is 7.31. The van der Waals surface area contributed by atoms with Crippen LogP contribution in [-0.4, -0.2) is 6.61 Å². The number of hydrogen-bond donors (Lipinski definition) is 0. The summed E-state index contributed by atoms with van der Waals surface area (Å²) in [5.74, 6) is 0.587. The lowest BCUT2D eigenvalue weighted by Crippen LogP contribution is -2.22. The van der Waals surface area contributed by atoms with E-state index in [1.807, 2.05) is 18.2 Å². The quantitative estimate of drug-likeness (QED) is 0.551. The van der Waals surface area contributed by atoms with E-state index in [1.54, 1.807) is 6.07 Å². The van der Waals surface area contributed by atoms with E-state index in [2.05, 4.69) is 4.89 Å². The Morgan fingerprint density at radius 2 is 2.23 bits per heavy atom. The molecule has 0 aromatic heterocycles. The van der Waals surface area contributed by atoms with Crippen LogP contribution in [0, 0.1) is 0 Å². The zero-order valence-electron chi connectivity index (χ0n) is 6.73. The van der Waals surface area contributed by atoms with Crippen LogP contribution in [0.2, 0.25) is 0 Å². The van der Waals surface area contributed by atoms with E-state index in [0.717, 1.165) is 5.56 Å². The molecular formula is C8H8O4P+. The van der Waals surface area contributed by atoms with Crippen molar-refractivity contribution in [3.63, 3.8) is 0 Å². The highest BCUT2D eigenvalue weighted by Gasteiger charge is 2.26. The predicted octanol–water partition coefficient (Wildman–Crippen LogP) is 2.01. The second-order valence-corrected chi connectivity index (χ2v) is 2.96. The third-order valence-electron chi connectivity index (χ3n) is 1.82.